The van der Waals surface area contributed by atoms with Gasteiger partial charge in [-0.2, -0.15) is 0 Å². The van der Waals surface area contributed by atoms with Crippen molar-refractivity contribution in [2.75, 3.05) is 41.3 Å². The van der Waals surface area contributed by atoms with Gasteiger partial charge in [-0.1, -0.05) is 38.9 Å². The van der Waals surface area contributed by atoms with Crippen molar-refractivity contribution >= 4 is 11.7 Å². The number of cyclic esters (lactones) is 1. The molecule has 3 saturated heterocycles. The van der Waals surface area contributed by atoms with E-state index in [9.17, 15) is 30.3 Å². The van der Waals surface area contributed by atoms with E-state index >= 15 is 0 Å². The highest BCUT2D eigenvalue weighted by molar-refractivity contribution is 5.88. The minimum absolute atomic E-state index is 0.0513. The maximum atomic E-state index is 14.5. The van der Waals surface area contributed by atoms with Crippen molar-refractivity contribution in [1.29, 1.82) is 0 Å². The summed E-state index contributed by atoms with van der Waals surface area (Å²) in [5.74, 6) is -4.25. The monoisotopic (exact) mass is 914 g/mol. The number of rotatable bonds is 15. The minimum Gasteiger partial charge on any atom is -0.459 e. The van der Waals surface area contributed by atoms with E-state index < -0.39 is 108 Å². The molecule has 0 aliphatic carbocycles. The highest BCUT2D eigenvalue weighted by Crippen LogP contribution is 2.41. The normalized spacial score (nSPS) is 42.6. The number of hydrogen-bond donors (Lipinski definition) is 5. The number of hydrogen-bond acceptors (Lipinski definition) is 18. The van der Waals surface area contributed by atoms with Crippen LogP contribution in [-0.4, -0.2) is 173 Å². The van der Waals surface area contributed by atoms with Gasteiger partial charge in [-0.05, 0) is 79.5 Å². The fourth-order valence-corrected chi connectivity index (χ4v) is 9.75. The number of pyridine rings is 1. The van der Waals surface area contributed by atoms with Crippen molar-refractivity contribution in [2.45, 2.75) is 186 Å². The molecular formula is C46H79N3O15. The fourth-order valence-electron chi connectivity index (χ4n) is 9.75. The van der Waals surface area contributed by atoms with Crippen LogP contribution in [0, 0.1) is 23.7 Å². The summed E-state index contributed by atoms with van der Waals surface area (Å²) in [6.45, 7) is 17.8. The second kappa shape index (κ2) is 23.5. The Kier molecular flexibility index (Phi) is 19.9. The molecule has 3 aliphatic heterocycles. The first-order valence-corrected chi connectivity index (χ1v) is 22.7. The average Bonchev–Trinajstić information content (AvgIpc) is 3.24. The van der Waals surface area contributed by atoms with Gasteiger partial charge in [-0.15, -0.1) is 0 Å². The van der Waals surface area contributed by atoms with Gasteiger partial charge in [0.2, 0.25) is 6.79 Å². The van der Waals surface area contributed by atoms with Gasteiger partial charge in [0, 0.05) is 63.4 Å². The fraction of sp³-hybridized carbons (Fsp3) is 0.848. The second-order valence-corrected chi connectivity index (χ2v) is 19.0. The van der Waals surface area contributed by atoms with E-state index in [-0.39, 0.29) is 44.5 Å². The van der Waals surface area contributed by atoms with E-state index in [4.69, 9.17) is 42.7 Å². The molecular weight excluding hydrogens is 835 g/mol. The zero-order chi connectivity index (χ0) is 47.7. The standard InChI is InChI=1S/C46H79N3O15/c1-14-34-46(10,55)39(51)28(4)36(48-59-25-58-19-18-56-12)26(2)21-44(8,54)41(64-43-37(50)33(20-27(3)60-43)49(11)24-32-16-15-17-47-23-32)29(5)38(30(6)42(53)62-34)63-35-22-45(9,57-13)40(52)31(7)61-35/h15-17,23,26-31,33-35,37-41,43,50-52,54-55H,14,18-22,24-25H2,1-13H3/b48-36+/t26-,27-,28+,29+,30-,31+,33+,34-,35+,37-,38+,39-,40+,41-,43+,44-,45-,46-/m1/s1. The molecule has 0 saturated carbocycles. The first-order valence-electron chi connectivity index (χ1n) is 22.7. The summed E-state index contributed by atoms with van der Waals surface area (Å²) in [6, 6.07) is 3.39. The summed E-state index contributed by atoms with van der Waals surface area (Å²) in [7, 11) is 4.95. The lowest BCUT2D eigenvalue weighted by Gasteiger charge is -2.49. The highest BCUT2D eigenvalue weighted by Gasteiger charge is 2.53. The van der Waals surface area contributed by atoms with Crippen molar-refractivity contribution in [3.05, 3.63) is 30.1 Å². The number of aromatic nitrogens is 1. The Labute approximate surface area is 379 Å². The van der Waals surface area contributed by atoms with Gasteiger partial charge in [-0.3, -0.25) is 14.7 Å². The lowest BCUT2D eigenvalue weighted by atomic mass is 9.73. The molecule has 1 aromatic rings. The molecule has 368 valence electrons. The molecule has 3 aliphatic rings. The Balaban J connectivity index is 1.84. The first-order chi connectivity index (χ1) is 30.0. The number of nitrogens with zero attached hydrogens (tertiary/aromatic N) is 3. The molecule has 18 heteroatoms. The van der Waals surface area contributed by atoms with E-state index in [1.54, 1.807) is 68.0 Å². The maximum absolute atomic E-state index is 14.5. The Bertz CT molecular complexity index is 1610. The Morgan fingerprint density at radius 3 is 2.28 bits per heavy atom. The number of oxime groups is 1. The van der Waals surface area contributed by atoms with Crippen LogP contribution in [0.15, 0.2) is 29.7 Å². The molecule has 0 aromatic carbocycles. The third-order valence-corrected chi connectivity index (χ3v) is 13.7. The number of likely N-dealkylation sites (N-methyl/N-ethyl adjacent to an activating group) is 1. The zero-order valence-corrected chi connectivity index (χ0v) is 40.3. The van der Waals surface area contributed by atoms with E-state index in [2.05, 4.69) is 10.1 Å². The summed E-state index contributed by atoms with van der Waals surface area (Å²) < 4.78 is 48.6. The zero-order valence-electron chi connectivity index (χ0n) is 40.3. The lowest BCUT2D eigenvalue weighted by Crippen LogP contribution is -2.61. The molecule has 18 atom stereocenters. The molecule has 64 heavy (non-hydrogen) atoms. The van der Waals surface area contributed by atoms with Crippen LogP contribution in [-0.2, 0) is 54.1 Å². The van der Waals surface area contributed by atoms with Crippen molar-refractivity contribution in [2.24, 2.45) is 28.8 Å². The van der Waals surface area contributed by atoms with Crippen LogP contribution in [0.2, 0.25) is 0 Å². The first kappa shape index (κ1) is 54.2. The SMILES string of the molecule is CC[C@H]1OC(=O)[C@H](C)[C@@H](O[C@H]2C[C@@](C)(OC)[C@@H](O)[C@H](C)O2)[C@H](C)[C@@H](O[C@@H]2O[C@H](C)C[C@H](N(C)Cc3cccnc3)[C@H]2O)[C@](C)(O)C[C@@H](C)/C(=N\OCOCCOC)[C@H](C)[C@@H](O)[C@]1(C)O. The molecule has 18 nitrogen and oxygen atoms in total. The molecule has 0 spiro atoms. The molecule has 4 heterocycles. The van der Waals surface area contributed by atoms with Crippen LogP contribution in [0.25, 0.3) is 0 Å². The summed E-state index contributed by atoms with van der Waals surface area (Å²) in [5.41, 5.74) is -3.62. The Hall–Kier alpha value is -2.43. The van der Waals surface area contributed by atoms with E-state index in [0.29, 0.717) is 19.6 Å². The topological polar surface area (TPSA) is 230 Å². The van der Waals surface area contributed by atoms with Gasteiger partial charge in [0.25, 0.3) is 0 Å². The predicted octanol–water partition coefficient (Wildman–Crippen LogP) is 3.18. The second-order valence-electron chi connectivity index (χ2n) is 19.0. The number of aliphatic hydroxyl groups excluding tert-OH is 3. The van der Waals surface area contributed by atoms with Gasteiger partial charge in [0.15, 0.2) is 12.6 Å². The van der Waals surface area contributed by atoms with Crippen LogP contribution in [0.3, 0.4) is 0 Å². The summed E-state index contributed by atoms with van der Waals surface area (Å²) in [6.07, 6.45) is -6.47. The molecule has 0 amide bonds. The van der Waals surface area contributed by atoms with Crippen LogP contribution >= 0.6 is 0 Å². The molecule has 5 N–H and O–H groups in total. The van der Waals surface area contributed by atoms with E-state index in [1.165, 1.54) is 14.0 Å². The van der Waals surface area contributed by atoms with Gasteiger partial charge in [-0.25, -0.2) is 0 Å². The molecule has 0 radical (unpaired) electrons. The number of ether oxygens (including phenoxy) is 8. The number of aliphatic hydroxyl groups is 5. The highest BCUT2D eigenvalue weighted by atomic mass is 16.7. The number of carbonyl (C=O) groups is 1. The molecule has 4 rings (SSSR count). The van der Waals surface area contributed by atoms with Crippen LogP contribution in [0.1, 0.15) is 100 Å². The number of carbonyl (C=O) groups excluding carboxylic acids is 1. The minimum atomic E-state index is -1.98. The number of esters is 1. The van der Waals surface area contributed by atoms with Gasteiger partial charge in [0.1, 0.15) is 23.9 Å². The van der Waals surface area contributed by atoms with Crippen LogP contribution in [0.4, 0.5) is 0 Å². The van der Waals surface area contributed by atoms with Gasteiger partial charge < -0.3 is 68.3 Å². The predicted molar refractivity (Wildman–Crippen MR) is 234 cm³/mol. The quantitative estimate of drug-likeness (QED) is 0.0737. The molecule has 3 fully saturated rings. The third-order valence-electron chi connectivity index (χ3n) is 13.7. The van der Waals surface area contributed by atoms with Crippen molar-refractivity contribution < 1.29 is 73.1 Å². The van der Waals surface area contributed by atoms with E-state index in [0.717, 1.165) is 5.56 Å². The van der Waals surface area contributed by atoms with Crippen LogP contribution < -0.4 is 0 Å². The maximum Gasteiger partial charge on any atom is 0.311 e. The van der Waals surface area contributed by atoms with Crippen molar-refractivity contribution in [1.82, 2.24) is 9.88 Å². The van der Waals surface area contributed by atoms with Crippen molar-refractivity contribution in [3.63, 3.8) is 0 Å². The largest absolute Gasteiger partial charge is 0.459 e. The van der Waals surface area contributed by atoms with Gasteiger partial charge >= 0.3 is 5.97 Å². The molecule has 0 bridgehead atoms. The third kappa shape index (κ3) is 13.2. The summed E-state index contributed by atoms with van der Waals surface area (Å²) in [4.78, 5) is 26.3. The lowest BCUT2D eigenvalue weighted by molar-refractivity contribution is -0.318. The molecule has 1 aromatic heterocycles. The van der Waals surface area contributed by atoms with Crippen LogP contribution in [0.5, 0.6) is 0 Å². The Morgan fingerprint density at radius 2 is 1.66 bits per heavy atom. The smallest absolute Gasteiger partial charge is 0.311 e. The molecule has 0 unspecified atom stereocenters. The van der Waals surface area contributed by atoms with E-state index in [1.807, 2.05) is 37.9 Å². The number of methoxy groups -OCH3 is 2. The Morgan fingerprint density at radius 1 is 0.953 bits per heavy atom. The van der Waals surface area contributed by atoms with Crippen molar-refractivity contribution in [3.8, 4) is 0 Å². The summed E-state index contributed by atoms with van der Waals surface area (Å²) in [5, 5.41) is 64.5. The summed E-state index contributed by atoms with van der Waals surface area (Å²) >= 11 is 0. The average molecular weight is 914 g/mol. The van der Waals surface area contributed by atoms with Gasteiger partial charge in [0.05, 0.1) is 66.6 Å².